The molecule has 1 fully saturated rings. The Labute approximate surface area is 108 Å². The molecule has 0 bridgehead atoms. The Kier molecular flexibility index (Phi) is 4.73. The van der Waals surface area contributed by atoms with E-state index in [2.05, 4.69) is 10.2 Å². The first-order chi connectivity index (χ1) is 8.81. The van der Waals surface area contributed by atoms with Crippen molar-refractivity contribution in [1.82, 2.24) is 10.2 Å². The van der Waals surface area contributed by atoms with Crippen molar-refractivity contribution < 1.29 is 9.53 Å². The van der Waals surface area contributed by atoms with Gasteiger partial charge in [-0.25, -0.2) is 4.79 Å². The summed E-state index contributed by atoms with van der Waals surface area (Å²) in [6.45, 7) is 7.14. The molecule has 4 heteroatoms. The number of hydrogen-bond donors (Lipinski definition) is 1. The molecule has 1 aromatic rings. The average Bonchev–Trinajstić information content (AvgIpc) is 2.41. The van der Waals surface area contributed by atoms with Crippen LogP contribution in [0.3, 0.4) is 0 Å². The highest BCUT2D eigenvalue weighted by Gasteiger charge is 2.15. The second-order valence-corrected chi connectivity index (χ2v) is 4.40. The zero-order chi connectivity index (χ0) is 12.8. The number of carbonyl (C=O) groups excluding carboxylic acids is 1. The molecule has 1 saturated heterocycles. The van der Waals surface area contributed by atoms with Crippen molar-refractivity contribution in [3.8, 4) is 0 Å². The fourth-order valence-electron chi connectivity index (χ4n) is 2.18. The van der Waals surface area contributed by atoms with Crippen LogP contribution in [-0.4, -0.2) is 43.7 Å². The van der Waals surface area contributed by atoms with Crippen molar-refractivity contribution in [2.24, 2.45) is 0 Å². The van der Waals surface area contributed by atoms with Crippen LogP contribution in [0.2, 0.25) is 0 Å². The first-order valence-electron chi connectivity index (χ1n) is 6.49. The van der Waals surface area contributed by atoms with Gasteiger partial charge in [-0.15, -0.1) is 0 Å². The Balaban J connectivity index is 2.08. The SMILES string of the molecule is CCOC(=O)c1ccccc1CN1CCNCC1. The molecule has 0 atom stereocenters. The number of hydrogen-bond acceptors (Lipinski definition) is 4. The van der Waals surface area contributed by atoms with Crippen LogP contribution in [0.25, 0.3) is 0 Å². The minimum atomic E-state index is -0.219. The zero-order valence-electron chi connectivity index (χ0n) is 10.8. The normalized spacial score (nSPS) is 16.5. The number of benzene rings is 1. The third-order valence-corrected chi connectivity index (χ3v) is 3.12. The van der Waals surface area contributed by atoms with E-state index in [9.17, 15) is 4.79 Å². The molecule has 1 N–H and O–H groups in total. The van der Waals surface area contributed by atoms with Crippen LogP contribution in [0.5, 0.6) is 0 Å². The second-order valence-electron chi connectivity index (χ2n) is 4.40. The number of piperazine rings is 1. The summed E-state index contributed by atoms with van der Waals surface area (Å²) in [5.74, 6) is -0.219. The van der Waals surface area contributed by atoms with Gasteiger partial charge in [0.25, 0.3) is 0 Å². The number of rotatable bonds is 4. The van der Waals surface area contributed by atoms with E-state index in [1.807, 2.05) is 31.2 Å². The van der Waals surface area contributed by atoms with Gasteiger partial charge in [0.2, 0.25) is 0 Å². The van der Waals surface area contributed by atoms with Gasteiger partial charge >= 0.3 is 5.97 Å². The second kappa shape index (κ2) is 6.52. The van der Waals surface area contributed by atoms with Gasteiger partial charge in [-0.2, -0.15) is 0 Å². The molecule has 2 rings (SSSR count). The number of nitrogens with one attached hydrogen (secondary N) is 1. The van der Waals surface area contributed by atoms with Gasteiger partial charge in [-0.3, -0.25) is 4.90 Å². The van der Waals surface area contributed by atoms with E-state index in [-0.39, 0.29) is 5.97 Å². The van der Waals surface area contributed by atoms with E-state index in [0.29, 0.717) is 12.2 Å². The standard InChI is InChI=1S/C14H20N2O2/c1-2-18-14(17)13-6-4-3-5-12(13)11-16-9-7-15-8-10-16/h3-6,15H,2,7-11H2,1H3. The van der Waals surface area contributed by atoms with Crippen LogP contribution in [0.15, 0.2) is 24.3 Å². The summed E-state index contributed by atoms with van der Waals surface area (Å²) in [5, 5.41) is 3.32. The van der Waals surface area contributed by atoms with Crippen molar-refractivity contribution in [2.45, 2.75) is 13.5 Å². The molecule has 0 radical (unpaired) electrons. The molecular weight excluding hydrogens is 228 g/mol. The minimum absolute atomic E-state index is 0.219. The minimum Gasteiger partial charge on any atom is -0.462 e. The molecule has 0 saturated carbocycles. The largest absolute Gasteiger partial charge is 0.462 e. The maximum Gasteiger partial charge on any atom is 0.338 e. The summed E-state index contributed by atoms with van der Waals surface area (Å²) >= 11 is 0. The summed E-state index contributed by atoms with van der Waals surface area (Å²) in [6.07, 6.45) is 0. The lowest BCUT2D eigenvalue weighted by molar-refractivity contribution is 0.0523. The van der Waals surface area contributed by atoms with E-state index in [0.717, 1.165) is 38.3 Å². The Morgan fingerprint density at radius 3 is 2.78 bits per heavy atom. The van der Waals surface area contributed by atoms with Gasteiger partial charge < -0.3 is 10.1 Å². The van der Waals surface area contributed by atoms with E-state index >= 15 is 0 Å². The van der Waals surface area contributed by atoms with Gasteiger partial charge in [-0.05, 0) is 18.6 Å². The van der Waals surface area contributed by atoms with Gasteiger partial charge in [0.15, 0.2) is 0 Å². The molecule has 1 aliphatic heterocycles. The molecule has 0 spiro atoms. The molecule has 0 unspecified atom stereocenters. The predicted molar refractivity (Wildman–Crippen MR) is 70.5 cm³/mol. The Hall–Kier alpha value is -1.39. The molecule has 18 heavy (non-hydrogen) atoms. The fraction of sp³-hybridized carbons (Fsp3) is 0.500. The third kappa shape index (κ3) is 3.31. The molecule has 0 amide bonds. The highest BCUT2D eigenvalue weighted by molar-refractivity contribution is 5.91. The van der Waals surface area contributed by atoms with Crippen LogP contribution in [0.4, 0.5) is 0 Å². The van der Waals surface area contributed by atoms with Crippen molar-refractivity contribution in [3.05, 3.63) is 35.4 Å². The van der Waals surface area contributed by atoms with Gasteiger partial charge in [0.1, 0.15) is 0 Å². The summed E-state index contributed by atoms with van der Waals surface area (Å²) in [6, 6.07) is 7.71. The fourth-order valence-corrected chi connectivity index (χ4v) is 2.18. The van der Waals surface area contributed by atoms with Gasteiger partial charge in [0.05, 0.1) is 12.2 Å². The number of ether oxygens (including phenoxy) is 1. The number of carbonyl (C=O) groups is 1. The van der Waals surface area contributed by atoms with Crippen LogP contribution in [0.1, 0.15) is 22.8 Å². The van der Waals surface area contributed by atoms with Crippen molar-refractivity contribution >= 4 is 5.97 Å². The van der Waals surface area contributed by atoms with Crippen LogP contribution >= 0.6 is 0 Å². The Bertz CT molecular complexity index is 401. The van der Waals surface area contributed by atoms with Crippen LogP contribution < -0.4 is 5.32 Å². The molecule has 1 aromatic carbocycles. The lowest BCUT2D eigenvalue weighted by Crippen LogP contribution is -2.43. The molecule has 1 heterocycles. The highest BCUT2D eigenvalue weighted by atomic mass is 16.5. The summed E-state index contributed by atoms with van der Waals surface area (Å²) < 4.78 is 5.09. The maximum absolute atomic E-state index is 11.9. The van der Waals surface area contributed by atoms with Gasteiger partial charge in [-0.1, -0.05) is 18.2 Å². The zero-order valence-corrected chi connectivity index (χ0v) is 10.8. The van der Waals surface area contributed by atoms with E-state index in [1.54, 1.807) is 0 Å². The molecular formula is C14H20N2O2. The summed E-state index contributed by atoms with van der Waals surface area (Å²) in [4.78, 5) is 14.2. The first kappa shape index (κ1) is 13.1. The molecule has 1 aliphatic rings. The van der Waals surface area contributed by atoms with Crippen molar-refractivity contribution in [1.29, 1.82) is 0 Å². The predicted octanol–water partition coefficient (Wildman–Crippen LogP) is 1.27. The molecule has 0 aromatic heterocycles. The quantitative estimate of drug-likeness (QED) is 0.815. The van der Waals surface area contributed by atoms with Crippen molar-refractivity contribution in [2.75, 3.05) is 32.8 Å². The lowest BCUT2D eigenvalue weighted by Gasteiger charge is -2.27. The number of esters is 1. The molecule has 4 nitrogen and oxygen atoms in total. The molecule has 0 aliphatic carbocycles. The van der Waals surface area contributed by atoms with E-state index in [4.69, 9.17) is 4.74 Å². The van der Waals surface area contributed by atoms with E-state index in [1.165, 1.54) is 0 Å². The topological polar surface area (TPSA) is 41.6 Å². The smallest absolute Gasteiger partial charge is 0.338 e. The van der Waals surface area contributed by atoms with Crippen LogP contribution in [-0.2, 0) is 11.3 Å². The highest BCUT2D eigenvalue weighted by Crippen LogP contribution is 2.13. The first-order valence-corrected chi connectivity index (χ1v) is 6.49. The van der Waals surface area contributed by atoms with Gasteiger partial charge in [0, 0.05) is 32.7 Å². The van der Waals surface area contributed by atoms with Crippen molar-refractivity contribution in [3.63, 3.8) is 0 Å². The summed E-state index contributed by atoms with van der Waals surface area (Å²) in [7, 11) is 0. The third-order valence-electron chi connectivity index (χ3n) is 3.12. The van der Waals surface area contributed by atoms with Crippen LogP contribution in [0, 0.1) is 0 Å². The Morgan fingerprint density at radius 1 is 1.33 bits per heavy atom. The number of nitrogens with zero attached hydrogens (tertiary/aromatic N) is 1. The van der Waals surface area contributed by atoms with E-state index < -0.39 is 0 Å². The molecule has 98 valence electrons. The lowest BCUT2D eigenvalue weighted by atomic mass is 10.1. The monoisotopic (exact) mass is 248 g/mol. The summed E-state index contributed by atoms with van der Waals surface area (Å²) in [5.41, 5.74) is 1.75. The average molecular weight is 248 g/mol. The maximum atomic E-state index is 11.9. The Morgan fingerprint density at radius 2 is 2.06 bits per heavy atom.